The van der Waals surface area contributed by atoms with Gasteiger partial charge >= 0.3 is 0 Å². The summed E-state index contributed by atoms with van der Waals surface area (Å²) in [4.78, 5) is 4.81. The second-order valence-corrected chi connectivity index (χ2v) is 6.60. The van der Waals surface area contributed by atoms with E-state index in [0.717, 1.165) is 25.6 Å². The molecule has 1 fully saturated rings. The molecule has 0 unspecified atom stereocenters. The van der Waals surface area contributed by atoms with Crippen molar-refractivity contribution in [3.63, 3.8) is 0 Å². The summed E-state index contributed by atoms with van der Waals surface area (Å²) in [5, 5.41) is 6.78. The minimum Gasteiger partial charge on any atom is -0.357 e. The van der Waals surface area contributed by atoms with Gasteiger partial charge in [-0.25, -0.2) is 0 Å². The minimum atomic E-state index is 0.295. The van der Waals surface area contributed by atoms with Crippen molar-refractivity contribution < 1.29 is 0 Å². The van der Waals surface area contributed by atoms with Crippen LogP contribution < -0.4 is 10.6 Å². The SMILES string of the molecule is CCNC(=NCC1(c2ccccc2)CC1)NCCCSC. The fourth-order valence-electron chi connectivity index (χ4n) is 2.48. The van der Waals surface area contributed by atoms with Crippen LogP contribution in [-0.4, -0.2) is 37.6 Å². The van der Waals surface area contributed by atoms with E-state index in [4.69, 9.17) is 4.99 Å². The summed E-state index contributed by atoms with van der Waals surface area (Å²) in [6, 6.07) is 10.8. The largest absolute Gasteiger partial charge is 0.357 e. The number of guanidine groups is 1. The molecule has 0 saturated heterocycles. The van der Waals surface area contributed by atoms with Gasteiger partial charge in [0.25, 0.3) is 0 Å². The molecule has 1 aromatic carbocycles. The zero-order valence-corrected chi connectivity index (χ0v) is 14.0. The van der Waals surface area contributed by atoms with Crippen LogP contribution in [0.25, 0.3) is 0 Å². The van der Waals surface area contributed by atoms with Crippen molar-refractivity contribution in [2.75, 3.05) is 31.6 Å². The van der Waals surface area contributed by atoms with E-state index in [1.54, 1.807) is 0 Å². The van der Waals surface area contributed by atoms with E-state index in [-0.39, 0.29) is 0 Å². The van der Waals surface area contributed by atoms with Crippen LogP contribution in [0.3, 0.4) is 0 Å². The molecule has 1 aromatic rings. The van der Waals surface area contributed by atoms with Gasteiger partial charge in [0.15, 0.2) is 5.96 Å². The predicted octanol–water partition coefficient (Wildman–Crippen LogP) is 3.03. The van der Waals surface area contributed by atoms with E-state index in [2.05, 4.69) is 54.1 Å². The molecule has 2 N–H and O–H groups in total. The first-order valence-corrected chi connectivity index (χ1v) is 9.27. The molecule has 0 aliphatic heterocycles. The van der Waals surface area contributed by atoms with Crippen LogP contribution in [-0.2, 0) is 5.41 Å². The Balaban J connectivity index is 1.90. The van der Waals surface area contributed by atoms with Crippen LogP contribution in [0.4, 0.5) is 0 Å². The van der Waals surface area contributed by atoms with Crippen LogP contribution in [0.2, 0.25) is 0 Å². The second-order valence-electron chi connectivity index (χ2n) is 5.61. The maximum atomic E-state index is 4.81. The lowest BCUT2D eigenvalue weighted by Gasteiger charge is -2.15. The average Bonchev–Trinajstić information content (AvgIpc) is 3.31. The van der Waals surface area contributed by atoms with Gasteiger partial charge < -0.3 is 10.6 Å². The van der Waals surface area contributed by atoms with Gasteiger partial charge in [0.05, 0.1) is 6.54 Å². The highest BCUT2D eigenvalue weighted by Crippen LogP contribution is 2.48. The summed E-state index contributed by atoms with van der Waals surface area (Å²) in [6.07, 6.45) is 5.84. The Labute approximate surface area is 133 Å². The first kappa shape index (κ1) is 16.2. The maximum absolute atomic E-state index is 4.81. The Morgan fingerprint density at radius 3 is 2.62 bits per heavy atom. The fraction of sp³-hybridized carbons (Fsp3) is 0.588. The third-order valence-corrected chi connectivity index (χ3v) is 4.64. The van der Waals surface area contributed by atoms with Crippen LogP contribution in [0.1, 0.15) is 31.7 Å². The molecule has 0 spiro atoms. The van der Waals surface area contributed by atoms with Gasteiger partial charge in [-0.15, -0.1) is 0 Å². The summed E-state index contributed by atoms with van der Waals surface area (Å²) in [7, 11) is 0. The first-order valence-electron chi connectivity index (χ1n) is 7.87. The molecule has 0 bridgehead atoms. The lowest BCUT2D eigenvalue weighted by atomic mass is 9.96. The van der Waals surface area contributed by atoms with Crippen molar-refractivity contribution in [3.8, 4) is 0 Å². The van der Waals surface area contributed by atoms with E-state index >= 15 is 0 Å². The van der Waals surface area contributed by atoms with Gasteiger partial charge in [-0.05, 0) is 43.8 Å². The smallest absolute Gasteiger partial charge is 0.191 e. The molecular weight excluding hydrogens is 278 g/mol. The van der Waals surface area contributed by atoms with Gasteiger partial charge in [0.2, 0.25) is 0 Å². The number of thioether (sulfide) groups is 1. The molecule has 0 heterocycles. The summed E-state index contributed by atoms with van der Waals surface area (Å²) in [6.45, 7) is 4.90. The zero-order chi connectivity index (χ0) is 15.0. The summed E-state index contributed by atoms with van der Waals surface area (Å²) >= 11 is 1.89. The van der Waals surface area contributed by atoms with Gasteiger partial charge in [0, 0.05) is 18.5 Å². The molecular formula is C17H27N3S. The van der Waals surface area contributed by atoms with Crippen molar-refractivity contribution in [2.24, 2.45) is 4.99 Å². The molecule has 116 valence electrons. The molecule has 1 saturated carbocycles. The quantitative estimate of drug-likeness (QED) is 0.440. The molecule has 0 atom stereocenters. The number of hydrogen-bond acceptors (Lipinski definition) is 2. The third-order valence-electron chi connectivity index (χ3n) is 3.94. The Bertz CT molecular complexity index is 441. The van der Waals surface area contributed by atoms with E-state index in [1.807, 2.05) is 11.8 Å². The summed E-state index contributed by atoms with van der Waals surface area (Å²) in [5.41, 5.74) is 1.73. The molecule has 2 rings (SSSR count). The molecule has 1 aliphatic rings. The van der Waals surface area contributed by atoms with Crippen LogP contribution >= 0.6 is 11.8 Å². The molecule has 4 heteroatoms. The van der Waals surface area contributed by atoms with E-state index in [1.165, 1.54) is 30.6 Å². The zero-order valence-electron chi connectivity index (χ0n) is 13.2. The monoisotopic (exact) mass is 305 g/mol. The Hall–Kier alpha value is -1.16. The topological polar surface area (TPSA) is 36.4 Å². The fourth-order valence-corrected chi connectivity index (χ4v) is 2.91. The van der Waals surface area contributed by atoms with Gasteiger partial charge in [-0.1, -0.05) is 30.3 Å². The molecule has 1 aliphatic carbocycles. The lowest BCUT2D eigenvalue weighted by molar-refractivity contribution is 0.691. The van der Waals surface area contributed by atoms with Crippen LogP contribution in [0, 0.1) is 0 Å². The van der Waals surface area contributed by atoms with Crippen molar-refractivity contribution >= 4 is 17.7 Å². The number of nitrogens with one attached hydrogen (secondary N) is 2. The Morgan fingerprint density at radius 2 is 2.00 bits per heavy atom. The predicted molar refractivity (Wildman–Crippen MR) is 94.3 cm³/mol. The number of nitrogens with zero attached hydrogens (tertiary/aromatic N) is 1. The highest BCUT2D eigenvalue weighted by atomic mass is 32.2. The number of rotatable bonds is 8. The van der Waals surface area contributed by atoms with Gasteiger partial charge in [-0.2, -0.15) is 11.8 Å². The maximum Gasteiger partial charge on any atom is 0.191 e. The Kier molecular flexibility index (Phi) is 6.43. The van der Waals surface area contributed by atoms with E-state index in [9.17, 15) is 0 Å². The highest BCUT2D eigenvalue weighted by molar-refractivity contribution is 7.98. The summed E-state index contributed by atoms with van der Waals surface area (Å²) in [5.74, 6) is 2.15. The molecule has 0 amide bonds. The summed E-state index contributed by atoms with van der Waals surface area (Å²) < 4.78 is 0. The molecule has 21 heavy (non-hydrogen) atoms. The number of benzene rings is 1. The van der Waals surface area contributed by atoms with Crippen molar-refractivity contribution in [2.45, 2.75) is 31.6 Å². The van der Waals surface area contributed by atoms with Crippen molar-refractivity contribution in [1.82, 2.24) is 10.6 Å². The van der Waals surface area contributed by atoms with Gasteiger partial charge in [-0.3, -0.25) is 4.99 Å². The third kappa shape index (κ3) is 4.95. The lowest BCUT2D eigenvalue weighted by Crippen LogP contribution is -2.38. The highest BCUT2D eigenvalue weighted by Gasteiger charge is 2.43. The first-order chi connectivity index (χ1) is 10.3. The van der Waals surface area contributed by atoms with E-state index in [0.29, 0.717) is 5.41 Å². The second kappa shape index (κ2) is 8.32. The molecule has 0 aromatic heterocycles. The van der Waals surface area contributed by atoms with Crippen molar-refractivity contribution in [3.05, 3.63) is 35.9 Å². The van der Waals surface area contributed by atoms with Crippen LogP contribution in [0.15, 0.2) is 35.3 Å². The van der Waals surface area contributed by atoms with E-state index < -0.39 is 0 Å². The number of aliphatic imine (C=N–C) groups is 1. The van der Waals surface area contributed by atoms with Crippen LogP contribution in [0.5, 0.6) is 0 Å². The standard InChI is InChI=1S/C17H27N3S/c1-3-18-16(19-12-7-13-21-2)20-14-17(10-11-17)15-8-5-4-6-9-15/h4-6,8-9H,3,7,10-14H2,1-2H3,(H2,18,19,20). The molecule has 0 radical (unpaired) electrons. The number of hydrogen-bond donors (Lipinski definition) is 2. The Morgan fingerprint density at radius 1 is 1.24 bits per heavy atom. The minimum absolute atomic E-state index is 0.295. The van der Waals surface area contributed by atoms with Crippen molar-refractivity contribution in [1.29, 1.82) is 0 Å². The molecule has 3 nitrogen and oxygen atoms in total. The normalized spacial score (nSPS) is 16.6. The van der Waals surface area contributed by atoms with Gasteiger partial charge in [0.1, 0.15) is 0 Å². The average molecular weight is 305 g/mol.